The molecule has 1 atom stereocenters. The predicted molar refractivity (Wildman–Crippen MR) is 146 cm³/mol. The van der Waals surface area contributed by atoms with Crippen LogP contribution in [0.1, 0.15) is 22.5 Å². The van der Waals surface area contributed by atoms with E-state index < -0.39 is 17.9 Å². The monoisotopic (exact) mass is 550 g/mol. The van der Waals surface area contributed by atoms with E-state index in [1.807, 2.05) is 30.3 Å². The number of nitrogens with zero attached hydrogens (tertiary/aromatic N) is 1. The van der Waals surface area contributed by atoms with Gasteiger partial charge in [0.05, 0.1) is 15.6 Å². The first-order chi connectivity index (χ1) is 18.3. The summed E-state index contributed by atoms with van der Waals surface area (Å²) in [4.78, 5) is 23.9. The Kier molecular flexibility index (Phi) is 8.84. The van der Waals surface area contributed by atoms with Crippen molar-refractivity contribution in [3.8, 4) is 17.0 Å². The lowest BCUT2D eigenvalue weighted by Crippen LogP contribution is -2.41. The Labute approximate surface area is 229 Å². The fourth-order valence-corrected chi connectivity index (χ4v) is 4.33. The van der Waals surface area contributed by atoms with E-state index in [-0.39, 0.29) is 13.0 Å². The summed E-state index contributed by atoms with van der Waals surface area (Å²) < 4.78 is 11.3. The minimum atomic E-state index is -1.10. The summed E-state index contributed by atoms with van der Waals surface area (Å²) in [6.45, 7) is 1.97. The number of carbonyl (C=O) groups is 2. The first kappa shape index (κ1) is 27.0. The van der Waals surface area contributed by atoms with E-state index in [4.69, 9.17) is 32.5 Å². The molecule has 0 radical (unpaired) electrons. The molecule has 9 heteroatoms. The Balaban J connectivity index is 1.37. The molecule has 0 unspecified atom stereocenters. The third-order valence-electron chi connectivity index (χ3n) is 5.77. The molecule has 1 amide bonds. The van der Waals surface area contributed by atoms with E-state index >= 15 is 0 Å². The molecule has 0 aliphatic carbocycles. The Hall–Kier alpha value is -4.07. The predicted octanol–water partition coefficient (Wildman–Crippen LogP) is 6.36. The molecule has 3 aromatic carbocycles. The van der Waals surface area contributed by atoms with Crippen LogP contribution in [0.3, 0.4) is 0 Å². The number of carboxylic acids is 1. The second-order valence-corrected chi connectivity index (χ2v) is 9.26. The highest BCUT2D eigenvalue weighted by molar-refractivity contribution is 6.39. The zero-order chi connectivity index (χ0) is 27.1. The van der Waals surface area contributed by atoms with Gasteiger partial charge in [-0.25, -0.2) is 4.79 Å². The summed E-state index contributed by atoms with van der Waals surface area (Å²) >= 11 is 12.7. The number of rotatable bonds is 10. The first-order valence-corrected chi connectivity index (χ1v) is 12.4. The summed E-state index contributed by atoms with van der Waals surface area (Å²) in [5.41, 5.74) is 3.40. The topological polar surface area (TPSA) is 102 Å². The lowest BCUT2D eigenvalue weighted by molar-refractivity contribution is -0.141. The molecule has 0 fully saturated rings. The van der Waals surface area contributed by atoms with Crippen LogP contribution < -0.4 is 10.1 Å². The van der Waals surface area contributed by atoms with Gasteiger partial charge in [-0.2, -0.15) is 0 Å². The van der Waals surface area contributed by atoms with Crippen molar-refractivity contribution < 1.29 is 24.0 Å². The molecular formula is C29H24Cl2N2O5. The summed E-state index contributed by atoms with van der Waals surface area (Å²) in [6, 6.07) is 20.4. The first-order valence-electron chi connectivity index (χ1n) is 11.7. The lowest BCUT2D eigenvalue weighted by atomic mass is 10.1. The normalized spacial score (nSPS) is 11.9. The van der Waals surface area contributed by atoms with Crippen molar-refractivity contribution in [2.75, 3.05) is 0 Å². The maximum absolute atomic E-state index is 12.3. The fourth-order valence-electron chi connectivity index (χ4n) is 3.75. The number of nitrogens with one attached hydrogen (secondary N) is 1. The lowest BCUT2D eigenvalue weighted by Gasteiger charge is -2.13. The smallest absolute Gasteiger partial charge is 0.326 e. The van der Waals surface area contributed by atoms with Gasteiger partial charge in [0.15, 0.2) is 0 Å². The van der Waals surface area contributed by atoms with Gasteiger partial charge in [-0.05, 0) is 48.4 Å². The third-order valence-corrected chi connectivity index (χ3v) is 6.40. The summed E-state index contributed by atoms with van der Waals surface area (Å²) in [5, 5.41) is 17.0. The average Bonchev–Trinajstić information content (AvgIpc) is 3.26. The Morgan fingerprint density at radius 2 is 1.71 bits per heavy atom. The Bertz CT molecular complexity index is 1430. The average molecular weight is 551 g/mol. The van der Waals surface area contributed by atoms with Crippen LogP contribution in [-0.2, 0) is 22.6 Å². The Morgan fingerprint density at radius 3 is 2.37 bits per heavy atom. The number of aryl methyl sites for hydroxylation is 1. The molecule has 0 bridgehead atoms. The molecule has 1 heterocycles. The number of hydrogen-bond acceptors (Lipinski definition) is 5. The molecule has 1 aromatic heterocycles. The van der Waals surface area contributed by atoms with Gasteiger partial charge in [0.1, 0.15) is 29.9 Å². The summed E-state index contributed by atoms with van der Waals surface area (Å²) in [6.07, 6.45) is 3.09. The highest BCUT2D eigenvalue weighted by atomic mass is 35.5. The van der Waals surface area contributed by atoms with Crippen LogP contribution in [0, 0.1) is 6.92 Å². The van der Waals surface area contributed by atoms with Gasteiger partial charge in [-0.15, -0.1) is 0 Å². The van der Waals surface area contributed by atoms with Crippen molar-refractivity contribution >= 4 is 41.2 Å². The molecule has 38 heavy (non-hydrogen) atoms. The van der Waals surface area contributed by atoms with E-state index in [9.17, 15) is 14.7 Å². The number of halogens is 2. The zero-order valence-corrected chi connectivity index (χ0v) is 21.9. The van der Waals surface area contributed by atoms with E-state index in [2.05, 4.69) is 10.5 Å². The van der Waals surface area contributed by atoms with Gasteiger partial charge in [0.25, 0.3) is 0 Å². The number of aromatic nitrogens is 1. The fraction of sp³-hybridized carbons (Fsp3) is 0.138. The number of carbonyl (C=O) groups excluding carboxylic acids is 1. The summed E-state index contributed by atoms with van der Waals surface area (Å²) in [7, 11) is 0. The molecule has 4 rings (SSSR count). The quantitative estimate of drug-likeness (QED) is 0.223. The molecular weight excluding hydrogens is 527 g/mol. The number of ether oxygens (including phenoxy) is 1. The van der Waals surface area contributed by atoms with Crippen LogP contribution in [0.15, 0.2) is 83.4 Å². The molecule has 0 spiro atoms. The second kappa shape index (κ2) is 12.4. The third kappa shape index (κ3) is 6.82. The van der Waals surface area contributed by atoms with Crippen molar-refractivity contribution in [2.45, 2.75) is 26.0 Å². The van der Waals surface area contributed by atoms with Gasteiger partial charge >= 0.3 is 5.97 Å². The number of hydrogen-bond donors (Lipinski definition) is 2. The maximum atomic E-state index is 12.3. The minimum absolute atomic E-state index is 0.182. The van der Waals surface area contributed by atoms with Crippen LogP contribution in [-0.4, -0.2) is 28.2 Å². The van der Waals surface area contributed by atoms with Crippen LogP contribution in [0.5, 0.6) is 5.75 Å². The molecule has 0 aliphatic heterocycles. The standard InChI is InChI=1S/C29H24Cl2N2O5/c1-18-22(28(33-38-18)27-23(30)8-5-9-24(27)31)17-37-21-13-10-19(11-14-21)12-15-26(34)32-25(29(35)36)16-20-6-3-2-4-7-20/h2-15,25H,16-17H2,1H3,(H,32,34)(H,35,36)/b15-12+/t25-/m0/s1. The van der Waals surface area contributed by atoms with Gasteiger partial charge in [-0.3, -0.25) is 4.79 Å². The van der Waals surface area contributed by atoms with Gasteiger partial charge in [-0.1, -0.05) is 76.9 Å². The van der Waals surface area contributed by atoms with E-state index in [1.54, 1.807) is 55.5 Å². The van der Waals surface area contributed by atoms with Crippen LogP contribution in [0.4, 0.5) is 0 Å². The molecule has 4 aromatic rings. The number of aliphatic carboxylic acids is 1. The van der Waals surface area contributed by atoms with Gasteiger partial charge in [0, 0.05) is 18.1 Å². The maximum Gasteiger partial charge on any atom is 0.326 e. The summed E-state index contributed by atoms with van der Waals surface area (Å²) in [5.74, 6) is -0.409. The van der Waals surface area contributed by atoms with E-state index in [0.717, 1.165) is 16.7 Å². The zero-order valence-electron chi connectivity index (χ0n) is 20.4. The highest BCUT2D eigenvalue weighted by Gasteiger charge is 2.21. The van der Waals surface area contributed by atoms with Crippen molar-refractivity contribution in [2.24, 2.45) is 0 Å². The van der Waals surface area contributed by atoms with Crippen LogP contribution >= 0.6 is 23.2 Å². The van der Waals surface area contributed by atoms with Crippen LogP contribution in [0.25, 0.3) is 17.3 Å². The van der Waals surface area contributed by atoms with Crippen molar-refractivity contribution in [1.82, 2.24) is 10.5 Å². The van der Waals surface area contributed by atoms with Crippen molar-refractivity contribution in [1.29, 1.82) is 0 Å². The SMILES string of the molecule is Cc1onc(-c2c(Cl)cccc2Cl)c1COc1ccc(/C=C/C(=O)N[C@@H](Cc2ccccc2)C(=O)O)cc1. The molecule has 0 aliphatic rings. The number of amides is 1. The van der Waals surface area contributed by atoms with Gasteiger partial charge in [0.2, 0.25) is 5.91 Å². The number of carboxylic acid groups (broad SMARTS) is 1. The second-order valence-electron chi connectivity index (χ2n) is 8.44. The molecule has 2 N–H and O–H groups in total. The van der Waals surface area contributed by atoms with Crippen molar-refractivity contribution in [3.63, 3.8) is 0 Å². The van der Waals surface area contributed by atoms with Crippen LogP contribution in [0.2, 0.25) is 10.0 Å². The highest BCUT2D eigenvalue weighted by Crippen LogP contribution is 2.37. The number of benzene rings is 3. The van der Waals surface area contributed by atoms with Crippen molar-refractivity contribution in [3.05, 3.63) is 111 Å². The van der Waals surface area contributed by atoms with Gasteiger partial charge < -0.3 is 19.7 Å². The molecule has 194 valence electrons. The molecule has 0 saturated carbocycles. The Morgan fingerprint density at radius 1 is 1.03 bits per heavy atom. The largest absolute Gasteiger partial charge is 0.489 e. The van der Waals surface area contributed by atoms with E-state index in [1.165, 1.54) is 6.08 Å². The molecule has 7 nitrogen and oxygen atoms in total. The van der Waals surface area contributed by atoms with E-state index in [0.29, 0.717) is 32.8 Å². The minimum Gasteiger partial charge on any atom is -0.489 e. The molecule has 0 saturated heterocycles.